The van der Waals surface area contributed by atoms with Crippen molar-refractivity contribution in [1.29, 1.82) is 0 Å². The zero-order chi connectivity index (χ0) is 13.3. The van der Waals surface area contributed by atoms with Crippen LogP contribution in [0.15, 0.2) is 36.4 Å². The van der Waals surface area contributed by atoms with Gasteiger partial charge in [0.1, 0.15) is 5.82 Å². The molecule has 1 unspecified atom stereocenters. The molecule has 0 amide bonds. The van der Waals surface area contributed by atoms with E-state index in [0.29, 0.717) is 10.6 Å². The van der Waals surface area contributed by atoms with Crippen molar-refractivity contribution in [3.63, 3.8) is 0 Å². The summed E-state index contributed by atoms with van der Waals surface area (Å²) in [4.78, 5) is 0. The highest BCUT2D eigenvalue weighted by atomic mass is 35.5. The lowest BCUT2D eigenvalue weighted by Gasteiger charge is -2.15. The van der Waals surface area contributed by atoms with Crippen LogP contribution in [-0.2, 0) is 0 Å². The Balaban J connectivity index is 2.44. The van der Waals surface area contributed by atoms with Crippen LogP contribution >= 0.6 is 11.6 Å². The molecule has 0 saturated carbocycles. The zero-order valence-electron chi connectivity index (χ0n) is 10.4. The predicted molar refractivity (Wildman–Crippen MR) is 73.4 cm³/mol. The van der Waals surface area contributed by atoms with E-state index in [1.54, 1.807) is 0 Å². The topological polar surface area (TPSA) is 26.0 Å². The summed E-state index contributed by atoms with van der Waals surface area (Å²) in [5.74, 6) is -0.325. The van der Waals surface area contributed by atoms with Crippen molar-refractivity contribution < 1.29 is 4.39 Å². The van der Waals surface area contributed by atoms with Gasteiger partial charge in [-0.3, -0.25) is 0 Å². The highest BCUT2D eigenvalue weighted by Gasteiger charge is 2.14. The van der Waals surface area contributed by atoms with Gasteiger partial charge in [0.25, 0.3) is 0 Å². The molecule has 1 atom stereocenters. The third kappa shape index (κ3) is 2.55. The molecule has 0 radical (unpaired) electrons. The molecule has 0 fully saturated rings. The van der Waals surface area contributed by atoms with Crippen LogP contribution in [0.3, 0.4) is 0 Å². The van der Waals surface area contributed by atoms with E-state index < -0.39 is 6.04 Å². The lowest BCUT2D eigenvalue weighted by Crippen LogP contribution is -2.13. The molecule has 2 N–H and O–H groups in total. The molecule has 0 aromatic heterocycles. The molecule has 18 heavy (non-hydrogen) atoms. The summed E-state index contributed by atoms with van der Waals surface area (Å²) in [6, 6.07) is 9.83. The molecule has 2 rings (SSSR count). The van der Waals surface area contributed by atoms with Crippen molar-refractivity contribution in [2.75, 3.05) is 0 Å². The van der Waals surface area contributed by atoms with Gasteiger partial charge in [-0.1, -0.05) is 29.8 Å². The Morgan fingerprint density at radius 3 is 2.44 bits per heavy atom. The molecule has 0 spiro atoms. The highest BCUT2D eigenvalue weighted by Crippen LogP contribution is 2.28. The first-order valence-corrected chi connectivity index (χ1v) is 6.14. The minimum Gasteiger partial charge on any atom is -0.320 e. The normalized spacial score (nSPS) is 12.5. The van der Waals surface area contributed by atoms with E-state index in [9.17, 15) is 4.39 Å². The van der Waals surface area contributed by atoms with E-state index in [-0.39, 0.29) is 5.82 Å². The highest BCUT2D eigenvalue weighted by molar-refractivity contribution is 6.31. The molecular formula is C15H15ClFN. The Labute approximate surface area is 111 Å². The van der Waals surface area contributed by atoms with Gasteiger partial charge in [-0.25, -0.2) is 4.39 Å². The predicted octanol–water partition coefficient (Wildman–Crippen LogP) is 4.14. The minimum absolute atomic E-state index is 0.325. The van der Waals surface area contributed by atoms with Gasteiger partial charge in [-0.2, -0.15) is 0 Å². The molecule has 0 saturated heterocycles. The van der Waals surface area contributed by atoms with Crippen LogP contribution < -0.4 is 5.73 Å². The molecule has 3 heteroatoms. The van der Waals surface area contributed by atoms with Crippen LogP contribution in [0.5, 0.6) is 0 Å². The molecule has 2 aromatic rings. The van der Waals surface area contributed by atoms with Crippen LogP contribution in [0.25, 0.3) is 0 Å². The summed E-state index contributed by atoms with van der Waals surface area (Å²) in [7, 11) is 0. The Morgan fingerprint density at radius 1 is 1.06 bits per heavy atom. The van der Waals surface area contributed by atoms with Gasteiger partial charge in [0.15, 0.2) is 0 Å². The maximum Gasteiger partial charge on any atom is 0.123 e. The van der Waals surface area contributed by atoms with Gasteiger partial charge in [0.05, 0.1) is 6.04 Å². The number of hydrogen-bond acceptors (Lipinski definition) is 1. The first-order chi connectivity index (χ1) is 8.49. The van der Waals surface area contributed by atoms with Gasteiger partial charge < -0.3 is 5.73 Å². The van der Waals surface area contributed by atoms with E-state index in [4.69, 9.17) is 17.3 Å². The Hall–Kier alpha value is -1.38. The fourth-order valence-electron chi connectivity index (χ4n) is 1.89. The summed E-state index contributed by atoms with van der Waals surface area (Å²) in [6.07, 6.45) is 0. The number of rotatable bonds is 2. The van der Waals surface area contributed by atoms with Crippen LogP contribution in [0.4, 0.5) is 4.39 Å². The van der Waals surface area contributed by atoms with Gasteiger partial charge >= 0.3 is 0 Å². The second kappa shape index (κ2) is 5.09. The zero-order valence-corrected chi connectivity index (χ0v) is 11.1. The first-order valence-electron chi connectivity index (χ1n) is 5.76. The number of nitrogens with two attached hydrogens (primary N) is 1. The van der Waals surface area contributed by atoms with E-state index in [0.717, 1.165) is 11.1 Å². The average molecular weight is 264 g/mol. The summed E-state index contributed by atoms with van der Waals surface area (Å²) < 4.78 is 13.3. The van der Waals surface area contributed by atoms with Gasteiger partial charge in [-0.05, 0) is 54.3 Å². The number of benzene rings is 2. The summed E-state index contributed by atoms with van der Waals surface area (Å²) >= 11 is 6.07. The number of aryl methyl sites for hydroxylation is 2. The quantitative estimate of drug-likeness (QED) is 0.866. The van der Waals surface area contributed by atoms with Crippen molar-refractivity contribution in [2.24, 2.45) is 5.73 Å². The van der Waals surface area contributed by atoms with Crippen molar-refractivity contribution >= 4 is 11.6 Å². The lowest BCUT2D eigenvalue weighted by molar-refractivity contribution is 0.623. The fourth-order valence-corrected chi connectivity index (χ4v) is 2.13. The third-order valence-electron chi connectivity index (χ3n) is 3.18. The second-order valence-electron chi connectivity index (χ2n) is 4.49. The first kappa shape index (κ1) is 13.1. The lowest BCUT2D eigenvalue weighted by atomic mass is 9.96. The largest absolute Gasteiger partial charge is 0.320 e. The van der Waals surface area contributed by atoms with Crippen molar-refractivity contribution in [3.05, 3.63) is 69.5 Å². The van der Waals surface area contributed by atoms with Crippen LogP contribution in [0.2, 0.25) is 5.02 Å². The molecule has 0 aliphatic heterocycles. The minimum atomic E-state index is -0.410. The maximum absolute atomic E-state index is 13.3. The molecule has 94 valence electrons. The van der Waals surface area contributed by atoms with E-state index >= 15 is 0 Å². The maximum atomic E-state index is 13.3. The monoisotopic (exact) mass is 263 g/mol. The SMILES string of the molecule is Cc1ccc(C(N)c2cc(F)ccc2Cl)cc1C. The molecule has 1 nitrogen and oxygen atoms in total. The van der Waals surface area contributed by atoms with Crippen LogP contribution in [0.1, 0.15) is 28.3 Å². The molecule has 2 aromatic carbocycles. The van der Waals surface area contributed by atoms with Gasteiger partial charge in [0, 0.05) is 5.02 Å². The smallest absolute Gasteiger partial charge is 0.123 e. The Kier molecular flexibility index (Phi) is 3.69. The molecule has 0 bridgehead atoms. The van der Waals surface area contributed by atoms with E-state index in [1.807, 2.05) is 32.0 Å². The molecule has 0 aliphatic rings. The summed E-state index contributed by atoms with van der Waals surface area (Å²) in [6.45, 7) is 4.07. The van der Waals surface area contributed by atoms with Crippen molar-refractivity contribution in [2.45, 2.75) is 19.9 Å². The summed E-state index contributed by atoms with van der Waals surface area (Å²) in [5, 5.41) is 0.488. The van der Waals surface area contributed by atoms with Gasteiger partial charge in [-0.15, -0.1) is 0 Å². The summed E-state index contributed by atoms with van der Waals surface area (Å²) in [5.41, 5.74) is 10.1. The van der Waals surface area contributed by atoms with Crippen LogP contribution in [-0.4, -0.2) is 0 Å². The molecular weight excluding hydrogens is 249 g/mol. The van der Waals surface area contributed by atoms with Gasteiger partial charge in [0.2, 0.25) is 0 Å². The second-order valence-corrected chi connectivity index (χ2v) is 4.89. The Bertz CT molecular complexity index is 581. The van der Waals surface area contributed by atoms with Crippen LogP contribution in [0, 0.1) is 19.7 Å². The molecule has 0 aliphatic carbocycles. The van der Waals surface area contributed by atoms with Crippen molar-refractivity contribution in [3.8, 4) is 0 Å². The fraction of sp³-hybridized carbons (Fsp3) is 0.200. The Morgan fingerprint density at radius 2 is 1.78 bits per heavy atom. The standard InChI is InChI=1S/C15H15ClFN/c1-9-3-4-11(7-10(9)2)15(18)13-8-12(17)5-6-14(13)16/h3-8,15H,18H2,1-2H3. The molecule has 0 heterocycles. The van der Waals surface area contributed by atoms with E-state index in [1.165, 1.54) is 23.8 Å². The average Bonchev–Trinajstić information content (AvgIpc) is 2.35. The van der Waals surface area contributed by atoms with E-state index in [2.05, 4.69) is 0 Å². The number of halogens is 2. The third-order valence-corrected chi connectivity index (χ3v) is 3.53. The van der Waals surface area contributed by atoms with Crippen molar-refractivity contribution in [1.82, 2.24) is 0 Å². The number of hydrogen-bond donors (Lipinski definition) is 1.